The predicted octanol–water partition coefficient (Wildman–Crippen LogP) is 3.10. The van der Waals surface area contributed by atoms with E-state index >= 15 is 0 Å². The van der Waals surface area contributed by atoms with Crippen molar-refractivity contribution < 1.29 is 27.3 Å². The van der Waals surface area contributed by atoms with Crippen molar-refractivity contribution in [2.24, 2.45) is 0 Å². The van der Waals surface area contributed by atoms with Crippen molar-refractivity contribution in [2.45, 2.75) is 20.0 Å². The molecule has 0 aliphatic heterocycles. The second-order valence-corrected chi connectivity index (χ2v) is 5.23. The molecule has 6 nitrogen and oxygen atoms in total. The number of hydrogen-bond acceptors (Lipinski definition) is 4. The summed E-state index contributed by atoms with van der Waals surface area (Å²) in [5.41, 5.74) is -1.28. The number of para-hydroxylation sites is 1. The molecule has 0 spiro atoms. The molecule has 0 bridgehead atoms. The standard InChI is InChI=1S/C16H16F3N3O3/c1-3-22(15(24)13-8-10(2)25-21-13)9-14(23)20-12-7-5-4-6-11(12)16(17,18)19/h4-8H,3,9H2,1-2H3,(H,20,23). The maximum atomic E-state index is 12.9. The first-order valence-corrected chi connectivity index (χ1v) is 7.41. The third-order valence-corrected chi connectivity index (χ3v) is 3.36. The van der Waals surface area contributed by atoms with Crippen molar-refractivity contribution >= 4 is 17.5 Å². The molecule has 9 heteroatoms. The Bertz CT molecular complexity index is 771. The number of anilines is 1. The average molecular weight is 355 g/mol. The van der Waals surface area contributed by atoms with Crippen LogP contribution in [0.15, 0.2) is 34.9 Å². The monoisotopic (exact) mass is 355 g/mol. The van der Waals surface area contributed by atoms with E-state index in [0.717, 1.165) is 17.0 Å². The molecule has 0 unspecified atom stereocenters. The molecule has 1 N–H and O–H groups in total. The van der Waals surface area contributed by atoms with E-state index in [0.29, 0.717) is 5.76 Å². The molecule has 1 aromatic heterocycles. The minimum atomic E-state index is -4.59. The van der Waals surface area contributed by atoms with Crippen LogP contribution in [0, 0.1) is 6.92 Å². The van der Waals surface area contributed by atoms with Crippen LogP contribution in [-0.4, -0.2) is 35.0 Å². The number of halogens is 3. The fraction of sp³-hybridized carbons (Fsp3) is 0.312. The molecular weight excluding hydrogens is 339 g/mol. The Morgan fingerprint density at radius 1 is 1.28 bits per heavy atom. The van der Waals surface area contributed by atoms with Crippen LogP contribution in [0.1, 0.15) is 28.7 Å². The van der Waals surface area contributed by atoms with Gasteiger partial charge in [-0.15, -0.1) is 0 Å². The summed E-state index contributed by atoms with van der Waals surface area (Å²) in [6.45, 7) is 3.02. The number of hydrogen-bond donors (Lipinski definition) is 1. The predicted molar refractivity (Wildman–Crippen MR) is 82.9 cm³/mol. The van der Waals surface area contributed by atoms with Crippen molar-refractivity contribution in [1.29, 1.82) is 0 Å². The molecule has 0 aliphatic rings. The number of alkyl halides is 3. The number of nitrogens with zero attached hydrogens (tertiary/aromatic N) is 2. The lowest BCUT2D eigenvalue weighted by Crippen LogP contribution is -2.38. The van der Waals surface area contributed by atoms with Gasteiger partial charge in [0, 0.05) is 12.6 Å². The zero-order valence-corrected chi connectivity index (χ0v) is 13.6. The molecule has 1 aromatic carbocycles. The van der Waals surface area contributed by atoms with Crippen molar-refractivity contribution in [3.8, 4) is 0 Å². The number of carbonyl (C=O) groups excluding carboxylic acids is 2. The smallest absolute Gasteiger partial charge is 0.361 e. The van der Waals surface area contributed by atoms with Crippen LogP contribution in [0.4, 0.5) is 18.9 Å². The number of carbonyl (C=O) groups is 2. The summed E-state index contributed by atoms with van der Waals surface area (Å²) < 4.78 is 43.6. The number of nitrogens with one attached hydrogen (secondary N) is 1. The number of aromatic nitrogens is 1. The lowest BCUT2D eigenvalue weighted by molar-refractivity contribution is -0.137. The quantitative estimate of drug-likeness (QED) is 0.894. The van der Waals surface area contributed by atoms with Gasteiger partial charge in [-0.1, -0.05) is 17.3 Å². The van der Waals surface area contributed by atoms with Gasteiger partial charge in [-0.05, 0) is 26.0 Å². The Kier molecular flexibility index (Phi) is 5.45. The molecule has 2 aromatic rings. The van der Waals surface area contributed by atoms with E-state index in [-0.39, 0.29) is 17.9 Å². The highest BCUT2D eigenvalue weighted by Gasteiger charge is 2.33. The van der Waals surface area contributed by atoms with E-state index in [9.17, 15) is 22.8 Å². The number of likely N-dealkylation sites (N-methyl/N-ethyl adjacent to an activating group) is 1. The second-order valence-electron chi connectivity index (χ2n) is 5.23. The van der Waals surface area contributed by atoms with E-state index in [4.69, 9.17) is 4.52 Å². The molecule has 134 valence electrons. The summed E-state index contributed by atoms with van der Waals surface area (Å²) in [5.74, 6) is -0.853. The maximum absolute atomic E-state index is 12.9. The van der Waals surface area contributed by atoms with Crippen LogP contribution >= 0.6 is 0 Å². The van der Waals surface area contributed by atoms with Gasteiger partial charge in [0.25, 0.3) is 5.91 Å². The topological polar surface area (TPSA) is 75.4 Å². The van der Waals surface area contributed by atoms with Crippen LogP contribution in [0.25, 0.3) is 0 Å². The van der Waals surface area contributed by atoms with Gasteiger partial charge in [0.15, 0.2) is 5.69 Å². The van der Waals surface area contributed by atoms with Gasteiger partial charge >= 0.3 is 6.18 Å². The highest BCUT2D eigenvalue weighted by atomic mass is 19.4. The van der Waals surface area contributed by atoms with Crippen LogP contribution in [0.2, 0.25) is 0 Å². The molecule has 0 aliphatic carbocycles. The Hall–Kier alpha value is -2.84. The minimum Gasteiger partial charge on any atom is -0.361 e. The van der Waals surface area contributed by atoms with E-state index in [1.807, 2.05) is 0 Å². The van der Waals surface area contributed by atoms with Crippen molar-refractivity contribution in [3.05, 3.63) is 47.3 Å². The third-order valence-electron chi connectivity index (χ3n) is 3.36. The fourth-order valence-corrected chi connectivity index (χ4v) is 2.16. The molecule has 0 atom stereocenters. The Labute approximate surface area is 141 Å². The lowest BCUT2D eigenvalue weighted by atomic mass is 10.1. The first-order valence-electron chi connectivity index (χ1n) is 7.41. The number of benzene rings is 1. The van der Waals surface area contributed by atoms with E-state index in [1.165, 1.54) is 18.2 Å². The highest BCUT2D eigenvalue weighted by molar-refractivity contribution is 5.98. The van der Waals surface area contributed by atoms with E-state index in [1.54, 1.807) is 13.8 Å². The summed E-state index contributed by atoms with van der Waals surface area (Å²) in [7, 11) is 0. The molecule has 2 rings (SSSR count). The van der Waals surface area contributed by atoms with E-state index in [2.05, 4.69) is 10.5 Å². The normalized spacial score (nSPS) is 11.2. The first-order chi connectivity index (χ1) is 11.7. The zero-order valence-electron chi connectivity index (χ0n) is 13.6. The summed E-state index contributed by atoms with van der Waals surface area (Å²) in [4.78, 5) is 25.5. The molecule has 0 saturated heterocycles. The van der Waals surface area contributed by atoms with Gasteiger partial charge in [0.05, 0.1) is 11.3 Å². The van der Waals surface area contributed by atoms with Gasteiger partial charge in [0.2, 0.25) is 5.91 Å². The van der Waals surface area contributed by atoms with Crippen LogP contribution < -0.4 is 5.32 Å². The van der Waals surface area contributed by atoms with Gasteiger partial charge < -0.3 is 14.7 Å². The van der Waals surface area contributed by atoms with Gasteiger partial charge in [0.1, 0.15) is 12.3 Å². The Morgan fingerprint density at radius 3 is 2.52 bits per heavy atom. The molecule has 2 amide bonds. The maximum Gasteiger partial charge on any atom is 0.418 e. The number of aryl methyl sites for hydroxylation is 1. The number of amides is 2. The Morgan fingerprint density at radius 2 is 1.96 bits per heavy atom. The lowest BCUT2D eigenvalue weighted by Gasteiger charge is -2.20. The summed E-state index contributed by atoms with van der Waals surface area (Å²) in [6.07, 6.45) is -4.59. The third kappa shape index (κ3) is 4.59. The highest BCUT2D eigenvalue weighted by Crippen LogP contribution is 2.34. The number of rotatable bonds is 5. The zero-order chi connectivity index (χ0) is 18.6. The van der Waals surface area contributed by atoms with Gasteiger partial charge in [-0.3, -0.25) is 9.59 Å². The van der Waals surface area contributed by atoms with E-state index < -0.39 is 30.1 Å². The summed E-state index contributed by atoms with van der Waals surface area (Å²) >= 11 is 0. The largest absolute Gasteiger partial charge is 0.418 e. The van der Waals surface area contributed by atoms with Gasteiger partial charge in [-0.25, -0.2) is 0 Å². The van der Waals surface area contributed by atoms with Crippen LogP contribution in [0.3, 0.4) is 0 Å². The van der Waals surface area contributed by atoms with Crippen LogP contribution in [-0.2, 0) is 11.0 Å². The average Bonchev–Trinajstić information content (AvgIpc) is 2.98. The molecule has 0 radical (unpaired) electrons. The van der Waals surface area contributed by atoms with Crippen LogP contribution in [0.5, 0.6) is 0 Å². The summed E-state index contributed by atoms with van der Waals surface area (Å²) in [6, 6.07) is 6.05. The summed E-state index contributed by atoms with van der Waals surface area (Å²) in [5, 5.41) is 5.77. The van der Waals surface area contributed by atoms with Crippen molar-refractivity contribution in [3.63, 3.8) is 0 Å². The Balaban J connectivity index is 2.10. The second kappa shape index (κ2) is 7.37. The molecular formula is C16H16F3N3O3. The molecule has 0 saturated carbocycles. The van der Waals surface area contributed by atoms with Gasteiger partial charge in [-0.2, -0.15) is 13.2 Å². The molecule has 0 fully saturated rings. The first kappa shape index (κ1) is 18.5. The molecule has 1 heterocycles. The van der Waals surface area contributed by atoms with Crippen molar-refractivity contribution in [1.82, 2.24) is 10.1 Å². The SMILES string of the molecule is CCN(CC(=O)Nc1ccccc1C(F)(F)F)C(=O)c1cc(C)on1. The molecule has 25 heavy (non-hydrogen) atoms. The minimum absolute atomic E-state index is 0.0304. The fourth-order valence-electron chi connectivity index (χ4n) is 2.16. The van der Waals surface area contributed by atoms with Crippen molar-refractivity contribution in [2.75, 3.05) is 18.4 Å².